The first-order valence-electron chi connectivity index (χ1n) is 14.1. The lowest BCUT2D eigenvalue weighted by molar-refractivity contribution is 0.445. The Hall–Kier alpha value is -4.70. The van der Waals surface area contributed by atoms with Gasteiger partial charge in [0.2, 0.25) is 0 Å². The molecule has 6 aromatic carbocycles. The van der Waals surface area contributed by atoms with Gasteiger partial charge in [0.15, 0.2) is 0 Å². The van der Waals surface area contributed by atoms with E-state index in [1.54, 1.807) is 0 Å². The Labute approximate surface area is 259 Å². The lowest BCUT2D eigenvalue weighted by Gasteiger charge is -2.36. The summed E-state index contributed by atoms with van der Waals surface area (Å²) in [5.41, 5.74) is 5.50. The van der Waals surface area contributed by atoms with Crippen LogP contribution in [0.2, 0.25) is 0 Å². The van der Waals surface area contributed by atoms with Crippen molar-refractivity contribution >= 4 is 23.2 Å². The molecule has 2 heterocycles. The minimum absolute atomic E-state index is 0.702. The molecule has 6 aromatic rings. The molecule has 0 fully saturated rings. The van der Waals surface area contributed by atoms with Gasteiger partial charge in [-0.25, -0.2) is 0 Å². The number of benzene rings is 6. The van der Waals surface area contributed by atoms with E-state index in [-0.39, 0.29) is 0 Å². The summed E-state index contributed by atoms with van der Waals surface area (Å²) in [5, 5.41) is 0. The monoisotopic (exact) mass is 598 g/mol. The van der Waals surface area contributed by atoms with Crippen molar-refractivity contribution in [1.82, 2.24) is 0 Å². The van der Waals surface area contributed by atoms with Crippen LogP contribution in [0, 0.1) is 0 Å². The molecule has 0 saturated heterocycles. The van der Waals surface area contributed by atoms with Crippen LogP contribution in [-0.4, -0.2) is 0 Å². The van der Waals surface area contributed by atoms with Crippen molar-refractivity contribution in [2.24, 2.45) is 0 Å². The summed E-state index contributed by atoms with van der Waals surface area (Å²) in [4.78, 5) is -1.78. The average Bonchev–Trinajstić information content (AvgIpc) is 3.06. The summed E-state index contributed by atoms with van der Waals surface area (Å²) in [5.74, 6) is 4.42. The molecule has 0 atom stereocenters. The van der Waals surface area contributed by atoms with E-state index in [0.29, 0.717) is 11.5 Å². The number of para-hydroxylation sites is 4. The number of hydrogen-bond donors (Lipinski definition) is 0. The minimum Gasteiger partial charge on any atom is -0.457 e. The maximum absolute atomic E-state index is 7.51. The molecular weight excluding hydrogens is 575 g/mol. The fraction of sp³-hybridized carbons (Fsp3) is 0.0526. The van der Waals surface area contributed by atoms with Gasteiger partial charge in [-0.2, -0.15) is 0 Å². The topological polar surface area (TPSA) is 27.7 Å². The Bertz CT molecular complexity index is 1750. The third-order valence-corrected chi connectivity index (χ3v) is 9.46. The van der Waals surface area contributed by atoms with Gasteiger partial charge >= 0.3 is 0 Å². The number of halogens is 2. The smallest absolute Gasteiger partial charge is 0.133 e. The second-order valence-electron chi connectivity index (χ2n) is 10.7. The minimum atomic E-state index is -0.892. The van der Waals surface area contributed by atoms with Crippen LogP contribution in [0.5, 0.6) is 34.5 Å². The van der Waals surface area contributed by atoms with Crippen molar-refractivity contribution in [3.8, 4) is 34.5 Å². The van der Waals surface area contributed by atoms with Crippen molar-refractivity contribution in [3.63, 3.8) is 0 Å². The molecule has 2 aliphatic heterocycles. The Morgan fingerprint density at radius 1 is 0.372 bits per heavy atom. The van der Waals surface area contributed by atoms with Gasteiger partial charge in [-0.3, -0.25) is 0 Å². The highest BCUT2D eigenvalue weighted by molar-refractivity contribution is 6.29. The van der Waals surface area contributed by atoms with Crippen LogP contribution < -0.4 is 14.2 Å². The highest BCUT2D eigenvalue weighted by Crippen LogP contribution is 2.55. The highest BCUT2D eigenvalue weighted by atomic mass is 35.5. The number of fused-ring (bicyclic) bond motifs is 4. The molecule has 208 valence electrons. The maximum atomic E-state index is 7.51. The molecule has 2 aliphatic rings. The van der Waals surface area contributed by atoms with Crippen LogP contribution in [0.4, 0.5) is 0 Å². The number of ether oxygens (including phenoxy) is 3. The Balaban J connectivity index is 1.10. The van der Waals surface area contributed by atoms with Gasteiger partial charge in [0, 0.05) is 22.3 Å². The predicted octanol–water partition coefficient (Wildman–Crippen LogP) is 10.8. The molecule has 0 radical (unpaired) electrons. The Kier molecular flexibility index (Phi) is 6.01. The SMILES string of the molecule is ClC1(c2ccc(Oc3ccc(C4(Cl)c5ccccc5Oc5ccccc54)cc3)cc2)c2ccccc2Oc2ccccc21. The fourth-order valence-electron chi connectivity index (χ4n) is 6.15. The summed E-state index contributed by atoms with van der Waals surface area (Å²) in [6, 6.07) is 47.5. The van der Waals surface area contributed by atoms with Crippen LogP contribution >= 0.6 is 23.2 Å². The van der Waals surface area contributed by atoms with Gasteiger partial charge in [0.1, 0.15) is 44.2 Å². The zero-order valence-electron chi connectivity index (χ0n) is 22.8. The first kappa shape index (κ1) is 26.0. The van der Waals surface area contributed by atoms with Crippen LogP contribution in [0.3, 0.4) is 0 Å². The van der Waals surface area contributed by atoms with Gasteiger partial charge in [-0.05, 0) is 59.7 Å². The molecule has 0 spiro atoms. The van der Waals surface area contributed by atoms with Gasteiger partial charge in [-0.1, -0.05) is 97.1 Å². The quantitative estimate of drug-likeness (QED) is 0.189. The third-order valence-electron chi connectivity index (χ3n) is 8.21. The number of rotatable bonds is 4. The fourth-order valence-corrected chi connectivity index (χ4v) is 7.03. The molecule has 0 amide bonds. The Morgan fingerprint density at radius 2 is 0.651 bits per heavy atom. The summed E-state index contributed by atoms with van der Waals surface area (Å²) in [6.07, 6.45) is 0. The van der Waals surface area contributed by atoms with E-state index in [0.717, 1.165) is 56.4 Å². The molecule has 0 aliphatic carbocycles. The first-order chi connectivity index (χ1) is 21.0. The molecule has 0 unspecified atom stereocenters. The first-order valence-corrected chi connectivity index (χ1v) is 14.8. The standard InChI is InChI=1S/C38H24Cl2O3/c39-37(29-9-1-5-13-33(29)42-34-14-6-2-10-30(34)37)25-17-21-27(22-18-25)41-28-23-19-26(20-24-28)38(40)31-11-3-7-15-35(31)43-36-16-8-4-12-32(36)38/h1-24H. The lowest BCUT2D eigenvalue weighted by atomic mass is 9.81. The van der Waals surface area contributed by atoms with Crippen LogP contribution in [0.1, 0.15) is 33.4 Å². The van der Waals surface area contributed by atoms with Crippen molar-refractivity contribution in [2.75, 3.05) is 0 Å². The molecule has 0 bridgehead atoms. The van der Waals surface area contributed by atoms with E-state index in [4.69, 9.17) is 37.4 Å². The van der Waals surface area contributed by atoms with E-state index < -0.39 is 9.75 Å². The lowest BCUT2D eigenvalue weighted by Crippen LogP contribution is -2.26. The highest BCUT2D eigenvalue weighted by Gasteiger charge is 2.43. The summed E-state index contributed by atoms with van der Waals surface area (Å²) in [7, 11) is 0. The van der Waals surface area contributed by atoms with Gasteiger partial charge in [0.05, 0.1) is 0 Å². The van der Waals surface area contributed by atoms with Crippen molar-refractivity contribution in [1.29, 1.82) is 0 Å². The molecule has 0 aromatic heterocycles. The zero-order chi connectivity index (χ0) is 29.0. The molecule has 43 heavy (non-hydrogen) atoms. The molecular formula is C38H24Cl2O3. The van der Waals surface area contributed by atoms with Gasteiger partial charge < -0.3 is 14.2 Å². The van der Waals surface area contributed by atoms with E-state index in [1.807, 2.05) is 146 Å². The summed E-state index contributed by atoms with van der Waals surface area (Å²) in [6.45, 7) is 0. The normalized spacial score (nSPS) is 15.0. The van der Waals surface area contributed by atoms with E-state index in [2.05, 4.69) is 0 Å². The van der Waals surface area contributed by atoms with Crippen molar-refractivity contribution in [3.05, 3.63) is 179 Å². The second kappa shape index (κ2) is 9.95. The molecule has 3 nitrogen and oxygen atoms in total. The summed E-state index contributed by atoms with van der Waals surface area (Å²) < 4.78 is 18.6. The zero-order valence-corrected chi connectivity index (χ0v) is 24.3. The van der Waals surface area contributed by atoms with Gasteiger partial charge in [-0.15, -0.1) is 23.2 Å². The van der Waals surface area contributed by atoms with Crippen LogP contribution in [0.25, 0.3) is 0 Å². The van der Waals surface area contributed by atoms with Gasteiger partial charge in [0.25, 0.3) is 0 Å². The molecule has 0 saturated carbocycles. The van der Waals surface area contributed by atoms with Crippen LogP contribution in [-0.2, 0) is 9.75 Å². The molecule has 0 N–H and O–H groups in total. The van der Waals surface area contributed by atoms with Crippen molar-refractivity contribution < 1.29 is 14.2 Å². The van der Waals surface area contributed by atoms with E-state index >= 15 is 0 Å². The predicted molar refractivity (Wildman–Crippen MR) is 170 cm³/mol. The summed E-state index contributed by atoms with van der Waals surface area (Å²) >= 11 is 15.0. The van der Waals surface area contributed by atoms with E-state index in [1.165, 1.54) is 0 Å². The largest absolute Gasteiger partial charge is 0.457 e. The number of alkyl halides is 2. The average molecular weight is 600 g/mol. The van der Waals surface area contributed by atoms with E-state index in [9.17, 15) is 0 Å². The van der Waals surface area contributed by atoms with Crippen molar-refractivity contribution in [2.45, 2.75) is 9.75 Å². The third kappa shape index (κ3) is 4.04. The number of hydrogen-bond acceptors (Lipinski definition) is 3. The Morgan fingerprint density at radius 3 is 0.953 bits per heavy atom. The molecule has 8 rings (SSSR count). The molecule has 5 heteroatoms. The van der Waals surface area contributed by atoms with Crippen LogP contribution in [0.15, 0.2) is 146 Å². The maximum Gasteiger partial charge on any atom is 0.133 e. The second-order valence-corrected chi connectivity index (χ2v) is 11.8.